The smallest absolute Gasteiger partial charge is 0.233 e. The van der Waals surface area contributed by atoms with Gasteiger partial charge in [-0.1, -0.05) is 13.8 Å². The lowest BCUT2D eigenvalue weighted by molar-refractivity contribution is -0.173. The molecule has 0 atom stereocenters. The topological polar surface area (TPSA) is 29.5 Å². The second-order valence-corrected chi connectivity index (χ2v) is 6.20. The zero-order valence-electron chi connectivity index (χ0n) is 10.2. The highest BCUT2D eigenvalue weighted by atomic mass is 16.5. The Morgan fingerprint density at radius 1 is 1.27 bits per heavy atom. The van der Waals surface area contributed by atoms with Gasteiger partial charge in [-0.2, -0.15) is 0 Å². The third-order valence-electron chi connectivity index (χ3n) is 3.80. The lowest BCUT2D eigenvalue weighted by atomic mass is 9.67. The third-order valence-corrected chi connectivity index (χ3v) is 3.80. The van der Waals surface area contributed by atoms with Gasteiger partial charge in [0.1, 0.15) is 0 Å². The standard InChI is InChI=1S/C12H21NO2/c1-11(2)5-9(6-11)13(4)10(14)12(3)7-15-8-12/h9H,5-8H2,1-4H3. The molecule has 1 heterocycles. The molecule has 0 aromatic heterocycles. The summed E-state index contributed by atoms with van der Waals surface area (Å²) in [6.45, 7) is 7.70. The molecule has 15 heavy (non-hydrogen) atoms. The summed E-state index contributed by atoms with van der Waals surface area (Å²) in [4.78, 5) is 14.1. The van der Waals surface area contributed by atoms with Crippen molar-refractivity contribution in [1.29, 1.82) is 0 Å². The van der Waals surface area contributed by atoms with E-state index >= 15 is 0 Å². The molecule has 2 rings (SSSR count). The highest BCUT2D eigenvalue weighted by molar-refractivity contribution is 5.83. The number of carbonyl (C=O) groups excluding carboxylic acids is 1. The van der Waals surface area contributed by atoms with Crippen molar-refractivity contribution in [1.82, 2.24) is 4.90 Å². The highest BCUT2D eigenvalue weighted by Gasteiger charge is 2.47. The SMILES string of the molecule is CN(C(=O)C1(C)COC1)C1CC(C)(C)C1. The summed E-state index contributed by atoms with van der Waals surface area (Å²) in [6.07, 6.45) is 2.26. The first-order chi connectivity index (χ1) is 6.84. The minimum absolute atomic E-state index is 0.242. The van der Waals surface area contributed by atoms with Crippen molar-refractivity contribution in [2.24, 2.45) is 10.8 Å². The number of rotatable bonds is 2. The Hall–Kier alpha value is -0.570. The van der Waals surface area contributed by atoms with Gasteiger partial charge in [-0.3, -0.25) is 4.79 Å². The lowest BCUT2D eigenvalue weighted by Crippen LogP contribution is -2.58. The molecule has 0 radical (unpaired) electrons. The van der Waals surface area contributed by atoms with Crippen molar-refractivity contribution in [2.75, 3.05) is 20.3 Å². The van der Waals surface area contributed by atoms with Crippen molar-refractivity contribution < 1.29 is 9.53 Å². The van der Waals surface area contributed by atoms with Crippen molar-refractivity contribution in [2.45, 2.75) is 39.7 Å². The van der Waals surface area contributed by atoms with Crippen molar-refractivity contribution >= 4 is 5.91 Å². The number of hydrogen-bond acceptors (Lipinski definition) is 2. The maximum absolute atomic E-state index is 12.1. The van der Waals surface area contributed by atoms with E-state index in [2.05, 4.69) is 13.8 Å². The van der Waals surface area contributed by atoms with Crippen molar-refractivity contribution in [3.8, 4) is 0 Å². The van der Waals surface area contributed by atoms with E-state index in [1.165, 1.54) is 0 Å². The summed E-state index contributed by atoms with van der Waals surface area (Å²) in [5.41, 5.74) is 0.185. The molecular formula is C12H21NO2. The first kappa shape index (κ1) is 10.9. The van der Waals surface area contributed by atoms with Crippen LogP contribution in [-0.4, -0.2) is 37.1 Å². The van der Waals surface area contributed by atoms with Gasteiger partial charge in [0.25, 0.3) is 0 Å². The molecule has 2 aliphatic rings. The number of amides is 1. The third kappa shape index (κ3) is 1.78. The molecule has 0 spiro atoms. The zero-order chi connectivity index (χ0) is 11.3. The zero-order valence-corrected chi connectivity index (χ0v) is 10.2. The van der Waals surface area contributed by atoms with Crippen LogP contribution in [0.25, 0.3) is 0 Å². The molecule has 1 aliphatic heterocycles. The molecule has 0 N–H and O–H groups in total. The molecule has 86 valence electrons. The Labute approximate surface area is 91.8 Å². The van der Waals surface area contributed by atoms with Gasteiger partial charge >= 0.3 is 0 Å². The van der Waals surface area contributed by atoms with Gasteiger partial charge in [0.2, 0.25) is 5.91 Å². The summed E-state index contributed by atoms with van der Waals surface area (Å²) in [5.74, 6) is 0.259. The second-order valence-electron chi connectivity index (χ2n) is 6.20. The number of nitrogens with zero attached hydrogens (tertiary/aromatic N) is 1. The Kier molecular flexibility index (Phi) is 2.34. The Bertz CT molecular complexity index is 273. The van der Waals surface area contributed by atoms with E-state index in [-0.39, 0.29) is 11.3 Å². The average Bonchev–Trinajstić information content (AvgIpc) is 2.07. The van der Waals surface area contributed by atoms with Crippen LogP contribution in [0, 0.1) is 10.8 Å². The predicted molar refractivity (Wildman–Crippen MR) is 58.5 cm³/mol. The fourth-order valence-corrected chi connectivity index (χ4v) is 2.61. The Morgan fingerprint density at radius 2 is 1.80 bits per heavy atom. The molecule has 1 aliphatic carbocycles. The number of carbonyl (C=O) groups is 1. The Morgan fingerprint density at radius 3 is 2.13 bits per heavy atom. The maximum atomic E-state index is 12.1. The van der Waals surface area contributed by atoms with E-state index < -0.39 is 0 Å². The van der Waals surface area contributed by atoms with Gasteiger partial charge in [0.15, 0.2) is 0 Å². The van der Waals surface area contributed by atoms with Gasteiger partial charge in [-0.15, -0.1) is 0 Å². The van der Waals surface area contributed by atoms with E-state index in [1.807, 2.05) is 18.9 Å². The molecular weight excluding hydrogens is 190 g/mol. The largest absolute Gasteiger partial charge is 0.379 e. The number of hydrogen-bond donors (Lipinski definition) is 0. The van der Waals surface area contributed by atoms with Crippen molar-refractivity contribution in [3.63, 3.8) is 0 Å². The first-order valence-corrected chi connectivity index (χ1v) is 5.69. The summed E-state index contributed by atoms with van der Waals surface area (Å²) in [5, 5.41) is 0. The van der Waals surface area contributed by atoms with Gasteiger partial charge in [-0.05, 0) is 25.2 Å². The molecule has 0 unspecified atom stereocenters. The molecule has 0 bridgehead atoms. The van der Waals surface area contributed by atoms with Crippen LogP contribution in [-0.2, 0) is 9.53 Å². The fraction of sp³-hybridized carbons (Fsp3) is 0.917. The van der Waals surface area contributed by atoms with Crippen molar-refractivity contribution in [3.05, 3.63) is 0 Å². The molecule has 1 saturated heterocycles. The summed E-state index contributed by atoms with van der Waals surface area (Å²) in [7, 11) is 1.94. The van der Waals surface area contributed by atoms with Crippen LogP contribution < -0.4 is 0 Å². The highest BCUT2D eigenvalue weighted by Crippen LogP contribution is 2.43. The first-order valence-electron chi connectivity index (χ1n) is 5.69. The molecule has 2 fully saturated rings. The fourth-order valence-electron chi connectivity index (χ4n) is 2.61. The minimum Gasteiger partial charge on any atom is -0.379 e. The van der Waals surface area contributed by atoms with Gasteiger partial charge < -0.3 is 9.64 Å². The van der Waals surface area contributed by atoms with E-state index in [0.29, 0.717) is 24.7 Å². The number of ether oxygens (including phenoxy) is 1. The van der Waals surface area contributed by atoms with Crippen LogP contribution in [0.1, 0.15) is 33.6 Å². The maximum Gasteiger partial charge on any atom is 0.233 e. The Balaban J connectivity index is 1.92. The van der Waals surface area contributed by atoms with Gasteiger partial charge in [0.05, 0.1) is 18.6 Å². The van der Waals surface area contributed by atoms with Crippen LogP contribution in [0.15, 0.2) is 0 Å². The van der Waals surface area contributed by atoms with E-state index in [0.717, 1.165) is 12.8 Å². The molecule has 0 aromatic carbocycles. The molecule has 3 heteroatoms. The minimum atomic E-state index is -0.242. The van der Waals surface area contributed by atoms with Gasteiger partial charge in [0, 0.05) is 13.1 Å². The summed E-state index contributed by atoms with van der Waals surface area (Å²) in [6, 6.07) is 0.449. The van der Waals surface area contributed by atoms with Gasteiger partial charge in [-0.25, -0.2) is 0 Å². The van der Waals surface area contributed by atoms with Crippen LogP contribution in [0.4, 0.5) is 0 Å². The molecule has 1 amide bonds. The molecule has 1 saturated carbocycles. The van der Waals surface area contributed by atoms with Crippen LogP contribution >= 0.6 is 0 Å². The second kappa shape index (κ2) is 3.21. The predicted octanol–water partition coefficient (Wildman–Crippen LogP) is 1.67. The van der Waals surface area contributed by atoms with Crippen LogP contribution in [0.2, 0.25) is 0 Å². The quantitative estimate of drug-likeness (QED) is 0.695. The normalized spacial score (nSPS) is 27.7. The van der Waals surface area contributed by atoms with E-state index in [9.17, 15) is 4.79 Å². The molecule has 0 aromatic rings. The summed E-state index contributed by atoms with van der Waals surface area (Å²) >= 11 is 0. The monoisotopic (exact) mass is 211 g/mol. The van der Waals surface area contributed by atoms with E-state index in [1.54, 1.807) is 0 Å². The average molecular weight is 211 g/mol. The van der Waals surface area contributed by atoms with Crippen LogP contribution in [0.5, 0.6) is 0 Å². The van der Waals surface area contributed by atoms with Crippen LogP contribution in [0.3, 0.4) is 0 Å². The molecule has 3 nitrogen and oxygen atoms in total. The summed E-state index contributed by atoms with van der Waals surface area (Å²) < 4.78 is 5.13. The lowest BCUT2D eigenvalue weighted by Gasteiger charge is -2.50. The van der Waals surface area contributed by atoms with E-state index in [4.69, 9.17) is 4.74 Å².